The first-order valence-corrected chi connectivity index (χ1v) is 11.1. The van der Waals surface area contributed by atoms with Crippen LogP contribution < -0.4 is 10.9 Å². The van der Waals surface area contributed by atoms with E-state index in [4.69, 9.17) is 4.74 Å². The molecule has 0 saturated carbocycles. The second kappa shape index (κ2) is 9.95. The van der Waals surface area contributed by atoms with Crippen molar-refractivity contribution in [2.75, 3.05) is 19.0 Å². The van der Waals surface area contributed by atoms with Gasteiger partial charge in [-0.2, -0.15) is 0 Å². The van der Waals surface area contributed by atoms with Gasteiger partial charge in [-0.15, -0.1) is 11.3 Å². The maximum absolute atomic E-state index is 13.2. The molecule has 0 bridgehead atoms. The number of anilines is 1. The van der Waals surface area contributed by atoms with E-state index in [0.717, 1.165) is 11.3 Å². The summed E-state index contributed by atoms with van der Waals surface area (Å²) in [6.45, 7) is 7.38. The van der Waals surface area contributed by atoms with Crippen LogP contribution in [0.1, 0.15) is 52.4 Å². The van der Waals surface area contributed by atoms with E-state index in [1.165, 1.54) is 24.1 Å². The van der Waals surface area contributed by atoms with Crippen molar-refractivity contribution in [3.63, 3.8) is 0 Å². The summed E-state index contributed by atoms with van der Waals surface area (Å²) >= 11 is 1.09. The Morgan fingerprint density at radius 2 is 1.91 bits per heavy atom. The number of rotatable bonds is 7. The molecule has 0 saturated heterocycles. The van der Waals surface area contributed by atoms with Gasteiger partial charge in [0.1, 0.15) is 15.7 Å². The Morgan fingerprint density at radius 3 is 2.58 bits per heavy atom. The lowest BCUT2D eigenvalue weighted by Gasteiger charge is -2.15. The zero-order chi connectivity index (χ0) is 24.3. The van der Waals surface area contributed by atoms with Crippen molar-refractivity contribution < 1.29 is 23.9 Å². The first kappa shape index (κ1) is 24.1. The van der Waals surface area contributed by atoms with Crippen molar-refractivity contribution in [2.45, 2.75) is 33.7 Å². The molecule has 1 N–H and O–H groups in total. The van der Waals surface area contributed by atoms with E-state index in [9.17, 15) is 19.2 Å². The van der Waals surface area contributed by atoms with Gasteiger partial charge in [-0.25, -0.2) is 14.6 Å². The van der Waals surface area contributed by atoms with Gasteiger partial charge in [0.2, 0.25) is 5.91 Å². The number of nitrogens with zero attached hydrogens (tertiary/aromatic N) is 2. The third-order valence-corrected chi connectivity index (χ3v) is 6.14. The molecule has 0 spiro atoms. The number of carbonyl (C=O) groups is 3. The van der Waals surface area contributed by atoms with E-state index in [1.54, 1.807) is 32.0 Å². The summed E-state index contributed by atoms with van der Waals surface area (Å²) in [5.41, 5.74) is 0.726. The quantitative estimate of drug-likeness (QED) is 0.524. The third kappa shape index (κ3) is 5.11. The number of methoxy groups -OCH3 is 1. The zero-order valence-corrected chi connectivity index (χ0v) is 19.8. The number of esters is 2. The van der Waals surface area contributed by atoms with Crippen LogP contribution in [0.15, 0.2) is 35.4 Å². The van der Waals surface area contributed by atoms with E-state index in [1.807, 2.05) is 13.8 Å². The average molecular weight is 472 g/mol. The Morgan fingerprint density at radius 1 is 1.18 bits per heavy atom. The minimum Gasteiger partial charge on any atom is -0.465 e. The molecule has 0 aliphatic carbocycles. The van der Waals surface area contributed by atoms with Crippen molar-refractivity contribution in [3.05, 3.63) is 57.0 Å². The van der Waals surface area contributed by atoms with Gasteiger partial charge in [-0.1, -0.05) is 19.9 Å². The number of carbonyl (C=O) groups excluding carboxylic acids is 3. The second-order valence-electron chi connectivity index (χ2n) is 7.92. The smallest absolute Gasteiger partial charge is 0.348 e. The number of benzene rings is 1. The summed E-state index contributed by atoms with van der Waals surface area (Å²) in [5, 5.41) is 2.98. The standard InChI is InChI=1S/C23H25N3O6S/c1-12(2)10-32-23(30)18-13(3)17-20(33-18)24-11-26(21(17)28)14(4)19(27)25-16-8-6-7-15(9-16)22(29)31-5/h6-9,11-12,14H,10H2,1-5H3,(H,25,27). The van der Waals surface area contributed by atoms with Gasteiger partial charge in [0, 0.05) is 5.69 Å². The van der Waals surface area contributed by atoms with Crippen LogP contribution in [-0.4, -0.2) is 41.1 Å². The highest BCUT2D eigenvalue weighted by Gasteiger charge is 2.24. The number of nitrogens with one attached hydrogen (secondary N) is 1. The number of ether oxygens (including phenoxy) is 2. The maximum Gasteiger partial charge on any atom is 0.348 e. The summed E-state index contributed by atoms with van der Waals surface area (Å²) in [5.74, 6) is -1.30. The number of fused-ring (bicyclic) bond motifs is 1. The summed E-state index contributed by atoms with van der Waals surface area (Å²) in [6.07, 6.45) is 1.29. The van der Waals surface area contributed by atoms with Gasteiger partial charge >= 0.3 is 11.9 Å². The Kier molecular flexibility index (Phi) is 7.27. The molecule has 1 amide bonds. The Bertz CT molecular complexity index is 1280. The molecule has 2 heterocycles. The van der Waals surface area contributed by atoms with Crippen LogP contribution in [0.3, 0.4) is 0 Å². The summed E-state index contributed by atoms with van der Waals surface area (Å²) in [7, 11) is 1.27. The number of hydrogen-bond donors (Lipinski definition) is 1. The van der Waals surface area contributed by atoms with Crippen molar-refractivity contribution in [1.29, 1.82) is 0 Å². The fourth-order valence-corrected chi connectivity index (χ4v) is 4.16. The van der Waals surface area contributed by atoms with Gasteiger partial charge in [-0.3, -0.25) is 14.2 Å². The van der Waals surface area contributed by atoms with Crippen LogP contribution in [0.5, 0.6) is 0 Å². The van der Waals surface area contributed by atoms with Crippen molar-refractivity contribution >= 4 is 45.1 Å². The van der Waals surface area contributed by atoms with Crippen LogP contribution in [0.4, 0.5) is 5.69 Å². The normalized spacial score (nSPS) is 11.9. The lowest BCUT2D eigenvalue weighted by Crippen LogP contribution is -2.31. The van der Waals surface area contributed by atoms with Crippen LogP contribution >= 0.6 is 11.3 Å². The first-order chi connectivity index (χ1) is 15.6. The Labute approximate surface area is 194 Å². The third-order valence-electron chi connectivity index (χ3n) is 4.96. The minimum atomic E-state index is -0.896. The van der Waals surface area contributed by atoms with Gasteiger partial charge in [0.25, 0.3) is 5.56 Å². The van der Waals surface area contributed by atoms with Crippen molar-refractivity contribution in [2.24, 2.45) is 5.92 Å². The van der Waals surface area contributed by atoms with Gasteiger partial charge in [-0.05, 0) is 43.5 Å². The van der Waals surface area contributed by atoms with Crippen molar-refractivity contribution in [3.8, 4) is 0 Å². The van der Waals surface area contributed by atoms with E-state index >= 15 is 0 Å². The lowest BCUT2D eigenvalue weighted by molar-refractivity contribution is -0.118. The number of hydrogen-bond acceptors (Lipinski definition) is 8. The second-order valence-corrected chi connectivity index (χ2v) is 8.92. The van der Waals surface area contributed by atoms with E-state index in [2.05, 4.69) is 15.0 Å². The minimum absolute atomic E-state index is 0.187. The Hall–Kier alpha value is -3.53. The number of aromatic nitrogens is 2. The summed E-state index contributed by atoms with van der Waals surface area (Å²) in [4.78, 5) is 55.1. The molecule has 3 aromatic rings. The summed E-state index contributed by atoms with van der Waals surface area (Å²) in [6, 6.07) is 5.39. The molecule has 174 valence electrons. The van der Waals surface area contributed by atoms with E-state index in [0.29, 0.717) is 21.0 Å². The van der Waals surface area contributed by atoms with Gasteiger partial charge in [0.05, 0.1) is 31.0 Å². The highest BCUT2D eigenvalue weighted by Crippen LogP contribution is 2.28. The number of amides is 1. The van der Waals surface area contributed by atoms with Crippen LogP contribution in [0, 0.1) is 12.8 Å². The molecular weight excluding hydrogens is 446 g/mol. The molecular formula is C23H25N3O6S. The van der Waals surface area contributed by atoms with E-state index < -0.39 is 29.4 Å². The molecule has 0 aliphatic rings. The van der Waals surface area contributed by atoms with E-state index in [-0.39, 0.29) is 23.5 Å². The molecule has 1 atom stereocenters. The lowest BCUT2D eigenvalue weighted by atomic mass is 10.2. The largest absolute Gasteiger partial charge is 0.465 e. The first-order valence-electron chi connectivity index (χ1n) is 10.3. The highest BCUT2D eigenvalue weighted by atomic mass is 32.1. The molecule has 2 aromatic heterocycles. The number of thiophene rings is 1. The maximum atomic E-state index is 13.2. The number of aryl methyl sites for hydroxylation is 1. The molecule has 1 aromatic carbocycles. The fraction of sp³-hybridized carbons (Fsp3) is 0.348. The predicted octanol–water partition coefficient (Wildman–Crippen LogP) is 3.57. The van der Waals surface area contributed by atoms with Crippen LogP contribution in [0.25, 0.3) is 10.2 Å². The average Bonchev–Trinajstić information content (AvgIpc) is 3.14. The molecule has 3 rings (SSSR count). The molecule has 33 heavy (non-hydrogen) atoms. The topological polar surface area (TPSA) is 117 Å². The van der Waals surface area contributed by atoms with Crippen LogP contribution in [0.2, 0.25) is 0 Å². The summed E-state index contributed by atoms with van der Waals surface area (Å²) < 4.78 is 11.2. The molecule has 0 aliphatic heterocycles. The highest BCUT2D eigenvalue weighted by molar-refractivity contribution is 7.20. The van der Waals surface area contributed by atoms with Gasteiger partial charge in [0.15, 0.2) is 0 Å². The SMILES string of the molecule is COC(=O)c1cccc(NC(=O)C(C)n2cnc3sc(C(=O)OCC(C)C)c(C)c3c2=O)c1. The van der Waals surface area contributed by atoms with Crippen molar-refractivity contribution in [1.82, 2.24) is 9.55 Å². The molecule has 0 fully saturated rings. The van der Waals surface area contributed by atoms with Gasteiger partial charge < -0.3 is 14.8 Å². The zero-order valence-electron chi connectivity index (χ0n) is 19.0. The van der Waals surface area contributed by atoms with Crippen LogP contribution in [-0.2, 0) is 14.3 Å². The fourth-order valence-electron chi connectivity index (χ4n) is 3.13. The molecule has 10 heteroatoms. The molecule has 1 unspecified atom stereocenters. The monoisotopic (exact) mass is 471 g/mol. The predicted molar refractivity (Wildman–Crippen MR) is 125 cm³/mol. The molecule has 9 nitrogen and oxygen atoms in total. The molecule has 0 radical (unpaired) electrons. The Balaban J connectivity index is 1.87.